The SMILES string of the molecule is Cc1cccc(-c2noc(N3CCCC3)c2CN(CC(O)COC(C)C)C(C)C)c1. The second kappa shape index (κ2) is 10.4. The van der Waals surface area contributed by atoms with Gasteiger partial charge < -0.3 is 19.3 Å². The van der Waals surface area contributed by atoms with Gasteiger partial charge in [-0.1, -0.05) is 28.9 Å². The first-order valence-corrected chi connectivity index (χ1v) is 11.2. The van der Waals surface area contributed by atoms with Crippen LogP contribution in [0, 0.1) is 6.92 Å². The van der Waals surface area contributed by atoms with E-state index >= 15 is 0 Å². The molecule has 1 aromatic carbocycles. The average Bonchev–Trinajstić information content (AvgIpc) is 3.35. The van der Waals surface area contributed by atoms with Gasteiger partial charge in [-0.25, -0.2) is 0 Å². The molecule has 1 unspecified atom stereocenters. The molecule has 0 saturated carbocycles. The highest BCUT2D eigenvalue weighted by Crippen LogP contribution is 2.34. The van der Waals surface area contributed by atoms with E-state index in [-0.39, 0.29) is 12.1 Å². The van der Waals surface area contributed by atoms with Gasteiger partial charge in [0.2, 0.25) is 5.88 Å². The van der Waals surface area contributed by atoms with Crippen LogP contribution in [0.5, 0.6) is 0 Å². The van der Waals surface area contributed by atoms with Crippen LogP contribution in [0.1, 0.15) is 51.7 Å². The minimum absolute atomic E-state index is 0.111. The Morgan fingerprint density at radius 2 is 1.93 bits per heavy atom. The summed E-state index contributed by atoms with van der Waals surface area (Å²) in [5.74, 6) is 0.877. The van der Waals surface area contributed by atoms with Crippen LogP contribution < -0.4 is 4.90 Å². The molecule has 166 valence electrons. The fraction of sp³-hybridized carbons (Fsp3) is 0.625. The molecule has 0 aliphatic carbocycles. The van der Waals surface area contributed by atoms with Crippen molar-refractivity contribution in [1.29, 1.82) is 0 Å². The quantitative estimate of drug-likeness (QED) is 0.626. The molecule has 1 aliphatic heterocycles. The van der Waals surface area contributed by atoms with Crippen molar-refractivity contribution in [2.45, 2.75) is 72.3 Å². The van der Waals surface area contributed by atoms with Gasteiger partial charge in [-0.15, -0.1) is 0 Å². The second-order valence-corrected chi connectivity index (χ2v) is 8.94. The summed E-state index contributed by atoms with van der Waals surface area (Å²) < 4.78 is 11.5. The van der Waals surface area contributed by atoms with E-state index in [0.717, 1.165) is 35.8 Å². The molecule has 1 saturated heterocycles. The van der Waals surface area contributed by atoms with E-state index in [9.17, 15) is 5.11 Å². The molecule has 6 heteroatoms. The van der Waals surface area contributed by atoms with Crippen LogP contribution in [0.2, 0.25) is 0 Å². The van der Waals surface area contributed by atoms with E-state index in [4.69, 9.17) is 9.26 Å². The van der Waals surface area contributed by atoms with Crippen LogP contribution in [0.4, 0.5) is 5.88 Å². The average molecular weight is 416 g/mol. The van der Waals surface area contributed by atoms with Gasteiger partial charge in [0.05, 0.1) is 24.4 Å². The van der Waals surface area contributed by atoms with Crippen LogP contribution in [0.15, 0.2) is 28.8 Å². The van der Waals surface area contributed by atoms with Gasteiger partial charge in [-0.05, 0) is 53.5 Å². The number of aliphatic hydroxyl groups is 1. The Labute approximate surface area is 180 Å². The third-order valence-corrected chi connectivity index (χ3v) is 5.61. The molecule has 1 atom stereocenters. The van der Waals surface area contributed by atoms with Gasteiger partial charge in [0.1, 0.15) is 5.69 Å². The highest BCUT2D eigenvalue weighted by atomic mass is 16.5. The molecule has 1 aromatic heterocycles. The molecular formula is C24H37N3O3. The largest absolute Gasteiger partial charge is 0.389 e. The van der Waals surface area contributed by atoms with E-state index < -0.39 is 6.10 Å². The number of aryl methyl sites for hydroxylation is 1. The van der Waals surface area contributed by atoms with Crippen molar-refractivity contribution in [3.8, 4) is 11.3 Å². The Kier molecular flexibility index (Phi) is 7.92. The number of rotatable bonds is 10. The summed E-state index contributed by atoms with van der Waals surface area (Å²) in [7, 11) is 0. The van der Waals surface area contributed by atoms with E-state index in [1.54, 1.807) is 0 Å². The first kappa shape index (κ1) is 22.8. The highest BCUT2D eigenvalue weighted by Gasteiger charge is 2.27. The van der Waals surface area contributed by atoms with Crippen molar-refractivity contribution < 1.29 is 14.4 Å². The maximum atomic E-state index is 10.5. The third-order valence-electron chi connectivity index (χ3n) is 5.61. The summed E-state index contributed by atoms with van der Waals surface area (Å²) >= 11 is 0. The zero-order valence-electron chi connectivity index (χ0n) is 19.1. The first-order chi connectivity index (χ1) is 14.3. The van der Waals surface area contributed by atoms with E-state index in [1.807, 2.05) is 13.8 Å². The molecule has 30 heavy (non-hydrogen) atoms. The van der Waals surface area contributed by atoms with Crippen LogP contribution in [0.3, 0.4) is 0 Å². The number of hydrogen-bond donors (Lipinski definition) is 1. The summed E-state index contributed by atoms with van der Waals surface area (Å²) in [6.07, 6.45) is 1.94. The van der Waals surface area contributed by atoms with Gasteiger partial charge in [0.15, 0.2) is 0 Å². The Hall–Kier alpha value is -1.89. The molecule has 1 aliphatic rings. The number of aromatic nitrogens is 1. The predicted molar refractivity (Wildman–Crippen MR) is 121 cm³/mol. The molecule has 1 N–H and O–H groups in total. The standard InChI is InChI=1S/C24H37N3O3/c1-17(2)27(14-21(28)16-29-18(3)4)15-22-23(20-10-8-9-19(5)13-20)25-30-24(22)26-11-6-7-12-26/h8-10,13,17-18,21,28H,6-7,11-12,14-16H2,1-5H3. The number of nitrogens with zero attached hydrogens (tertiary/aromatic N) is 3. The van der Waals surface area contributed by atoms with Crippen LogP contribution >= 0.6 is 0 Å². The van der Waals surface area contributed by atoms with Gasteiger partial charge in [-0.3, -0.25) is 4.90 Å². The monoisotopic (exact) mass is 415 g/mol. The molecule has 2 aromatic rings. The lowest BCUT2D eigenvalue weighted by Crippen LogP contribution is -2.39. The zero-order chi connectivity index (χ0) is 21.7. The van der Waals surface area contributed by atoms with Gasteiger partial charge in [0, 0.05) is 37.8 Å². The Morgan fingerprint density at radius 3 is 2.57 bits per heavy atom. The second-order valence-electron chi connectivity index (χ2n) is 8.94. The van der Waals surface area contributed by atoms with E-state index in [2.05, 4.69) is 60.0 Å². The lowest BCUT2D eigenvalue weighted by atomic mass is 10.0. The maximum absolute atomic E-state index is 10.5. The molecule has 0 amide bonds. The van der Waals surface area contributed by atoms with Crippen molar-refractivity contribution in [2.24, 2.45) is 0 Å². The molecule has 6 nitrogen and oxygen atoms in total. The summed E-state index contributed by atoms with van der Waals surface area (Å²) in [4.78, 5) is 4.58. The highest BCUT2D eigenvalue weighted by molar-refractivity contribution is 5.69. The Morgan fingerprint density at radius 1 is 1.20 bits per heavy atom. The molecule has 0 radical (unpaired) electrons. The fourth-order valence-electron chi connectivity index (χ4n) is 3.92. The van der Waals surface area contributed by atoms with Crippen molar-refractivity contribution >= 4 is 5.88 Å². The predicted octanol–water partition coefficient (Wildman–Crippen LogP) is 4.25. The summed E-state index contributed by atoms with van der Waals surface area (Å²) in [5.41, 5.74) is 4.28. The smallest absolute Gasteiger partial charge is 0.232 e. The molecule has 3 rings (SSSR count). The number of benzene rings is 1. The molecule has 1 fully saturated rings. The van der Waals surface area contributed by atoms with E-state index in [1.165, 1.54) is 18.4 Å². The lowest BCUT2D eigenvalue weighted by molar-refractivity contribution is -0.0136. The Balaban J connectivity index is 1.88. The number of anilines is 1. The molecule has 2 heterocycles. The van der Waals surface area contributed by atoms with Crippen molar-refractivity contribution in [3.63, 3.8) is 0 Å². The summed E-state index contributed by atoms with van der Waals surface area (Å²) in [5, 5.41) is 15.0. The van der Waals surface area contributed by atoms with Crippen LogP contribution in [0.25, 0.3) is 11.3 Å². The summed E-state index contributed by atoms with van der Waals surface area (Å²) in [6, 6.07) is 8.67. The van der Waals surface area contributed by atoms with Crippen LogP contribution in [-0.2, 0) is 11.3 Å². The van der Waals surface area contributed by atoms with E-state index in [0.29, 0.717) is 19.7 Å². The minimum atomic E-state index is -0.535. The lowest BCUT2D eigenvalue weighted by Gasteiger charge is -2.29. The minimum Gasteiger partial charge on any atom is -0.389 e. The van der Waals surface area contributed by atoms with Crippen molar-refractivity contribution in [2.75, 3.05) is 31.1 Å². The number of ether oxygens (including phenoxy) is 1. The fourth-order valence-corrected chi connectivity index (χ4v) is 3.92. The van der Waals surface area contributed by atoms with Crippen LogP contribution in [-0.4, -0.2) is 59.7 Å². The van der Waals surface area contributed by atoms with Crippen molar-refractivity contribution in [1.82, 2.24) is 10.1 Å². The third kappa shape index (κ3) is 5.84. The van der Waals surface area contributed by atoms with Gasteiger partial charge in [-0.2, -0.15) is 0 Å². The Bertz CT molecular complexity index is 797. The molecule has 0 bridgehead atoms. The number of aliphatic hydroxyl groups excluding tert-OH is 1. The number of hydrogen-bond acceptors (Lipinski definition) is 6. The molecular weight excluding hydrogens is 378 g/mol. The van der Waals surface area contributed by atoms with Gasteiger partial charge >= 0.3 is 0 Å². The first-order valence-electron chi connectivity index (χ1n) is 11.2. The normalized spacial score (nSPS) is 15.7. The maximum Gasteiger partial charge on any atom is 0.232 e. The zero-order valence-corrected chi connectivity index (χ0v) is 19.1. The van der Waals surface area contributed by atoms with Crippen molar-refractivity contribution in [3.05, 3.63) is 35.4 Å². The van der Waals surface area contributed by atoms with Gasteiger partial charge in [0.25, 0.3) is 0 Å². The topological polar surface area (TPSA) is 62.0 Å². The molecule has 0 spiro atoms. The summed E-state index contributed by atoms with van der Waals surface area (Å²) in [6.45, 7) is 13.9.